The minimum Gasteiger partial charge on any atom is -0.376 e. The molecular formula is C18H27NO. The van der Waals surface area contributed by atoms with Gasteiger partial charge in [-0.2, -0.15) is 0 Å². The molecule has 0 fully saturated rings. The number of ether oxygens (including phenoxy) is 1. The molecule has 2 nitrogen and oxygen atoms in total. The molecule has 2 heteroatoms. The van der Waals surface area contributed by atoms with Gasteiger partial charge in [-0.05, 0) is 24.0 Å². The van der Waals surface area contributed by atoms with Crippen molar-refractivity contribution in [1.82, 2.24) is 0 Å². The minimum atomic E-state index is 0.393. The third-order valence-electron chi connectivity index (χ3n) is 3.50. The lowest BCUT2D eigenvalue weighted by Crippen LogP contribution is -2.09. The van der Waals surface area contributed by atoms with Crippen LogP contribution in [0.25, 0.3) is 0 Å². The Labute approximate surface area is 123 Å². The van der Waals surface area contributed by atoms with E-state index >= 15 is 0 Å². The fraction of sp³-hybridized carbons (Fsp3) is 0.556. The fourth-order valence-electron chi connectivity index (χ4n) is 2.15. The lowest BCUT2D eigenvalue weighted by Gasteiger charge is -2.15. The molecule has 0 heterocycles. The Hall–Kier alpha value is -1.30. The average molecular weight is 273 g/mol. The van der Waals surface area contributed by atoms with Gasteiger partial charge in [0.25, 0.3) is 0 Å². The molecule has 1 unspecified atom stereocenters. The number of rotatable bonds is 8. The summed E-state index contributed by atoms with van der Waals surface area (Å²) in [5.41, 5.74) is 7.60. The van der Waals surface area contributed by atoms with Gasteiger partial charge in [-0.1, -0.05) is 63.1 Å². The minimum absolute atomic E-state index is 0.393. The molecule has 1 rings (SSSR count). The third kappa shape index (κ3) is 6.23. The number of hydrogen-bond donors (Lipinski definition) is 1. The molecule has 0 radical (unpaired) electrons. The predicted molar refractivity (Wildman–Crippen MR) is 85.3 cm³/mol. The van der Waals surface area contributed by atoms with Gasteiger partial charge >= 0.3 is 0 Å². The Morgan fingerprint density at radius 3 is 2.75 bits per heavy atom. The van der Waals surface area contributed by atoms with Crippen molar-refractivity contribution < 1.29 is 4.74 Å². The summed E-state index contributed by atoms with van der Waals surface area (Å²) in [4.78, 5) is 0. The van der Waals surface area contributed by atoms with Crippen molar-refractivity contribution in [3.05, 3.63) is 35.4 Å². The van der Waals surface area contributed by atoms with Gasteiger partial charge in [0.15, 0.2) is 0 Å². The van der Waals surface area contributed by atoms with Gasteiger partial charge in [-0.25, -0.2) is 0 Å². The molecular weight excluding hydrogens is 246 g/mol. The van der Waals surface area contributed by atoms with E-state index in [0.717, 1.165) is 17.7 Å². The van der Waals surface area contributed by atoms with E-state index in [9.17, 15) is 0 Å². The standard InChI is InChI=1S/C18H27NO/c1-3-5-9-16(4-2)14-20-15-18-11-7-6-10-17(18)12-8-13-19/h6-7,10-11,16H,3-5,9,13-15,19H2,1-2H3. The highest BCUT2D eigenvalue weighted by molar-refractivity contribution is 5.41. The average Bonchev–Trinajstić information content (AvgIpc) is 2.49. The normalized spacial score (nSPS) is 11.8. The number of nitrogens with two attached hydrogens (primary N) is 1. The fourth-order valence-corrected chi connectivity index (χ4v) is 2.15. The predicted octanol–water partition coefficient (Wildman–Crippen LogP) is 3.73. The van der Waals surface area contributed by atoms with Crippen LogP contribution in [0.5, 0.6) is 0 Å². The number of unbranched alkanes of at least 4 members (excludes halogenated alkanes) is 1. The summed E-state index contributed by atoms with van der Waals surface area (Å²) in [6, 6.07) is 8.13. The first-order chi connectivity index (χ1) is 9.81. The summed E-state index contributed by atoms with van der Waals surface area (Å²) in [6.45, 7) is 6.35. The van der Waals surface area contributed by atoms with Gasteiger partial charge in [-0.15, -0.1) is 0 Å². The van der Waals surface area contributed by atoms with Crippen molar-refractivity contribution in [3.63, 3.8) is 0 Å². The zero-order chi connectivity index (χ0) is 14.6. The SMILES string of the molecule is CCCCC(CC)COCc1ccccc1C#CCN. The van der Waals surface area contributed by atoms with E-state index in [1.165, 1.54) is 25.7 Å². The van der Waals surface area contributed by atoms with Gasteiger partial charge in [0.05, 0.1) is 13.2 Å². The highest BCUT2D eigenvalue weighted by Gasteiger charge is 2.06. The van der Waals surface area contributed by atoms with Crippen LogP contribution in [0.1, 0.15) is 50.7 Å². The molecule has 1 aromatic carbocycles. The second-order valence-electron chi connectivity index (χ2n) is 5.09. The number of benzene rings is 1. The molecule has 0 aromatic heterocycles. The molecule has 0 saturated carbocycles. The van der Waals surface area contributed by atoms with Crippen molar-refractivity contribution in [2.75, 3.05) is 13.2 Å². The summed E-state index contributed by atoms with van der Waals surface area (Å²) in [5.74, 6) is 6.69. The zero-order valence-corrected chi connectivity index (χ0v) is 12.8. The first-order valence-electron chi connectivity index (χ1n) is 7.66. The second-order valence-corrected chi connectivity index (χ2v) is 5.09. The van der Waals surface area contributed by atoms with Crippen LogP contribution in [0.4, 0.5) is 0 Å². The van der Waals surface area contributed by atoms with Gasteiger partial charge < -0.3 is 10.5 Å². The summed E-state index contributed by atoms with van der Waals surface area (Å²) in [7, 11) is 0. The quantitative estimate of drug-likeness (QED) is 0.732. The summed E-state index contributed by atoms with van der Waals surface area (Å²) in [6.07, 6.45) is 5.00. The molecule has 0 aliphatic heterocycles. The zero-order valence-electron chi connectivity index (χ0n) is 12.8. The number of hydrogen-bond acceptors (Lipinski definition) is 2. The first kappa shape index (κ1) is 16.8. The molecule has 0 saturated heterocycles. The van der Waals surface area contributed by atoms with Crippen LogP contribution in [0.15, 0.2) is 24.3 Å². The Bertz CT molecular complexity index is 431. The molecule has 0 bridgehead atoms. The molecule has 110 valence electrons. The first-order valence-corrected chi connectivity index (χ1v) is 7.66. The molecule has 1 aromatic rings. The molecule has 1 atom stereocenters. The summed E-state index contributed by atoms with van der Waals surface area (Å²) in [5, 5.41) is 0. The maximum absolute atomic E-state index is 5.89. The molecule has 0 amide bonds. The summed E-state index contributed by atoms with van der Waals surface area (Å²) >= 11 is 0. The molecule has 0 aliphatic rings. The van der Waals surface area contributed by atoms with Crippen molar-refractivity contribution in [2.45, 2.75) is 46.1 Å². The van der Waals surface area contributed by atoms with Crippen LogP contribution in [0, 0.1) is 17.8 Å². The Morgan fingerprint density at radius 2 is 2.05 bits per heavy atom. The van der Waals surface area contributed by atoms with E-state index in [1.807, 2.05) is 18.2 Å². The van der Waals surface area contributed by atoms with Crippen LogP contribution in [-0.2, 0) is 11.3 Å². The molecule has 20 heavy (non-hydrogen) atoms. The van der Waals surface area contributed by atoms with Gasteiger partial charge in [0.2, 0.25) is 0 Å². The van der Waals surface area contributed by atoms with E-state index < -0.39 is 0 Å². The summed E-state index contributed by atoms with van der Waals surface area (Å²) < 4.78 is 5.89. The van der Waals surface area contributed by atoms with Crippen LogP contribution in [-0.4, -0.2) is 13.2 Å². The monoisotopic (exact) mass is 273 g/mol. The Kier molecular flexibility index (Phi) is 8.78. The van der Waals surface area contributed by atoms with Gasteiger partial charge in [0.1, 0.15) is 0 Å². The van der Waals surface area contributed by atoms with E-state index in [4.69, 9.17) is 10.5 Å². The molecule has 0 spiro atoms. The Morgan fingerprint density at radius 1 is 1.25 bits per heavy atom. The smallest absolute Gasteiger partial charge is 0.0729 e. The van der Waals surface area contributed by atoms with Crippen molar-refractivity contribution in [1.29, 1.82) is 0 Å². The molecule has 2 N–H and O–H groups in total. The highest BCUT2D eigenvalue weighted by Crippen LogP contribution is 2.15. The van der Waals surface area contributed by atoms with Crippen molar-refractivity contribution >= 4 is 0 Å². The van der Waals surface area contributed by atoms with E-state index in [-0.39, 0.29) is 0 Å². The van der Waals surface area contributed by atoms with Crippen LogP contribution in [0.2, 0.25) is 0 Å². The van der Waals surface area contributed by atoms with E-state index in [1.54, 1.807) is 0 Å². The van der Waals surface area contributed by atoms with Gasteiger partial charge in [-0.3, -0.25) is 0 Å². The van der Waals surface area contributed by atoms with Gasteiger partial charge in [0, 0.05) is 12.2 Å². The van der Waals surface area contributed by atoms with Crippen LogP contribution in [0.3, 0.4) is 0 Å². The van der Waals surface area contributed by atoms with Crippen molar-refractivity contribution in [3.8, 4) is 11.8 Å². The van der Waals surface area contributed by atoms with Crippen LogP contribution >= 0.6 is 0 Å². The van der Waals surface area contributed by atoms with Crippen LogP contribution < -0.4 is 5.73 Å². The highest BCUT2D eigenvalue weighted by atomic mass is 16.5. The van der Waals surface area contributed by atoms with E-state index in [0.29, 0.717) is 19.1 Å². The topological polar surface area (TPSA) is 35.2 Å². The maximum atomic E-state index is 5.89. The molecule has 0 aliphatic carbocycles. The maximum Gasteiger partial charge on any atom is 0.0729 e. The van der Waals surface area contributed by atoms with E-state index in [2.05, 4.69) is 31.8 Å². The lowest BCUT2D eigenvalue weighted by atomic mass is 10.0. The largest absolute Gasteiger partial charge is 0.376 e. The third-order valence-corrected chi connectivity index (χ3v) is 3.50. The Balaban J connectivity index is 2.48. The second kappa shape index (κ2) is 10.5. The lowest BCUT2D eigenvalue weighted by molar-refractivity contribution is 0.0818. The van der Waals surface area contributed by atoms with Crippen molar-refractivity contribution in [2.24, 2.45) is 11.7 Å².